The summed E-state index contributed by atoms with van der Waals surface area (Å²) in [6, 6.07) is 6.17. The maximum Gasteiger partial charge on any atom is 0.228 e. The molecule has 3 nitrogen and oxygen atoms in total. The number of nitrogens with zero attached hydrogens (tertiary/aromatic N) is 1. The first kappa shape index (κ1) is 18.0. The predicted molar refractivity (Wildman–Crippen MR) is 91.2 cm³/mol. The average Bonchev–Trinajstić information content (AvgIpc) is 2.38. The molecular weight excluding hydrogens is 284 g/mol. The van der Waals surface area contributed by atoms with Gasteiger partial charge in [0.25, 0.3) is 0 Å². The number of piperidine rings is 1. The average molecular weight is 311 g/mol. The van der Waals surface area contributed by atoms with Crippen LogP contribution in [0.15, 0.2) is 18.2 Å². The first-order chi connectivity index (χ1) is 9.54. The second-order valence-electron chi connectivity index (χ2n) is 6.13. The van der Waals surface area contributed by atoms with Gasteiger partial charge in [-0.3, -0.25) is 4.79 Å². The van der Waals surface area contributed by atoms with E-state index in [0.717, 1.165) is 25.3 Å². The van der Waals surface area contributed by atoms with Crippen LogP contribution in [0.25, 0.3) is 0 Å². The Balaban J connectivity index is 0.00000220. The molecule has 1 aliphatic heterocycles. The smallest absolute Gasteiger partial charge is 0.228 e. The summed E-state index contributed by atoms with van der Waals surface area (Å²) in [6.45, 7) is 9.28. The number of nitrogens with one attached hydrogen (secondary N) is 1. The number of rotatable bonds is 4. The van der Waals surface area contributed by atoms with E-state index in [4.69, 9.17) is 0 Å². The van der Waals surface area contributed by atoms with Gasteiger partial charge in [-0.25, -0.2) is 0 Å². The number of likely N-dealkylation sites (tertiary alicyclic amines) is 1. The van der Waals surface area contributed by atoms with Crippen LogP contribution in [-0.4, -0.2) is 30.4 Å². The molecule has 0 bridgehead atoms. The molecule has 0 aromatic heterocycles. The van der Waals surface area contributed by atoms with Crippen molar-refractivity contribution in [1.82, 2.24) is 4.90 Å². The SMILES string of the molecule is Cc1cc(C)cc(NC(=O)C(C)CN2CCCCC2)c1.Cl. The fourth-order valence-corrected chi connectivity index (χ4v) is 2.92. The van der Waals surface area contributed by atoms with Gasteiger partial charge in [0.05, 0.1) is 0 Å². The Kier molecular flexibility index (Phi) is 7.20. The summed E-state index contributed by atoms with van der Waals surface area (Å²) in [5, 5.41) is 3.05. The van der Waals surface area contributed by atoms with Crippen LogP contribution in [0.4, 0.5) is 5.69 Å². The van der Waals surface area contributed by atoms with Gasteiger partial charge < -0.3 is 10.2 Å². The summed E-state index contributed by atoms with van der Waals surface area (Å²) < 4.78 is 0. The molecule has 0 radical (unpaired) electrons. The molecule has 1 atom stereocenters. The van der Waals surface area contributed by atoms with Crippen LogP contribution >= 0.6 is 12.4 Å². The molecule has 1 fully saturated rings. The minimum Gasteiger partial charge on any atom is -0.326 e. The zero-order chi connectivity index (χ0) is 14.5. The molecule has 1 heterocycles. The van der Waals surface area contributed by atoms with Crippen molar-refractivity contribution in [2.45, 2.75) is 40.0 Å². The summed E-state index contributed by atoms with van der Waals surface area (Å²) in [6.07, 6.45) is 3.87. The largest absolute Gasteiger partial charge is 0.326 e. The second-order valence-corrected chi connectivity index (χ2v) is 6.13. The van der Waals surface area contributed by atoms with Crippen LogP contribution in [0, 0.1) is 19.8 Å². The number of amides is 1. The lowest BCUT2D eigenvalue weighted by molar-refractivity contribution is -0.120. The zero-order valence-corrected chi connectivity index (χ0v) is 14.1. The topological polar surface area (TPSA) is 32.3 Å². The summed E-state index contributed by atoms with van der Waals surface area (Å²) in [5.74, 6) is 0.162. The number of hydrogen-bond acceptors (Lipinski definition) is 2. The second kappa shape index (κ2) is 8.40. The van der Waals surface area contributed by atoms with Crippen LogP contribution in [-0.2, 0) is 4.79 Å². The van der Waals surface area contributed by atoms with Crippen LogP contribution in [0.2, 0.25) is 0 Å². The van der Waals surface area contributed by atoms with Crippen molar-refractivity contribution in [3.05, 3.63) is 29.3 Å². The molecule has 118 valence electrons. The van der Waals surface area contributed by atoms with E-state index in [2.05, 4.69) is 30.1 Å². The fraction of sp³-hybridized carbons (Fsp3) is 0.588. The molecule has 0 spiro atoms. The number of aryl methyl sites for hydroxylation is 2. The maximum atomic E-state index is 12.3. The molecule has 1 aliphatic rings. The third kappa shape index (κ3) is 5.68. The van der Waals surface area contributed by atoms with Gasteiger partial charge in [-0.2, -0.15) is 0 Å². The standard InChI is InChI=1S/C17H26N2O.ClH/c1-13-9-14(2)11-16(10-13)18-17(20)15(3)12-19-7-5-4-6-8-19;/h9-11,15H,4-8,12H2,1-3H3,(H,18,20);1H. The number of hydrogen-bond donors (Lipinski definition) is 1. The number of carbonyl (C=O) groups excluding carboxylic acids is 1. The van der Waals surface area contributed by atoms with E-state index in [-0.39, 0.29) is 24.2 Å². The van der Waals surface area contributed by atoms with E-state index in [9.17, 15) is 4.79 Å². The van der Waals surface area contributed by atoms with Crippen LogP contribution in [0.3, 0.4) is 0 Å². The molecule has 1 N–H and O–H groups in total. The van der Waals surface area contributed by atoms with Crippen LogP contribution in [0.5, 0.6) is 0 Å². The van der Waals surface area contributed by atoms with Crippen molar-refractivity contribution in [3.8, 4) is 0 Å². The predicted octanol–water partition coefficient (Wildman–Crippen LogP) is 3.79. The van der Waals surface area contributed by atoms with Gasteiger partial charge in [0, 0.05) is 18.2 Å². The van der Waals surface area contributed by atoms with Crippen molar-refractivity contribution in [2.75, 3.05) is 25.0 Å². The third-order valence-corrected chi connectivity index (χ3v) is 3.92. The molecule has 1 amide bonds. The van der Waals surface area contributed by atoms with Gasteiger partial charge in [-0.1, -0.05) is 19.4 Å². The van der Waals surface area contributed by atoms with E-state index in [0.29, 0.717) is 0 Å². The molecule has 1 unspecified atom stereocenters. The Labute approximate surface area is 134 Å². The first-order valence-electron chi connectivity index (χ1n) is 7.66. The van der Waals surface area contributed by atoms with Gasteiger partial charge in [0.1, 0.15) is 0 Å². The molecule has 1 aromatic rings. The highest BCUT2D eigenvalue weighted by molar-refractivity contribution is 5.92. The maximum absolute atomic E-state index is 12.3. The van der Waals surface area contributed by atoms with E-state index < -0.39 is 0 Å². The highest BCUT2D eigenvalue weighted by atomic mass is 35.5. The van der Waals surface area contributed by atoms with Crippen molar-refractivity contribution in [1.29, 1.82) is 0 Å². The molecule has 1 aromatic carbocycles. The fourth-order valence-electron chi connectivity index (χ4n) is 2.92. The van der Waals surface area contributed by atoms with E-state index >= 15 is 0 Å². The molecule has 21 heavy (non-hydrogen) atoms. The highest BCUT2D eigenvalue weighted by Gasteiger charge is 2.18. The molecule has 0 saturated carbocycles. The molecule has 1 saturated heterocycles. The van der Waals surface area contributed by atoms with Gasteiger partial charge in [-0.05, 0) is 63.0 Å². The van der Waals surface area contributed by atoms with Gasteiger partial charge in [-0.15, -0.1) is 12.4 Å². The number of anilines is 1. The lowest BCUT2D eigenvalue weighted by Crippen LogP contribution is -2.37. The Morgan fingerprint density at radius 2 is 1.71 bits per heavy atom. The Hall–Kier alpha value is -1.06. The Morgan fingerprint density at radius 1 is 1.14 bits per heavy atom. The van der Waals surface area contributed by atoms with Crippen LogP contribution < -0.4 is 5.32 Å². The van der Waals surface area contributed by atoms with Crippen molar-refractivity contribution in [3.63, 3.8) is 0 Å². The molecular formula is C17H27ClN2O. The Morgan fingerprint density at radius 3 is 2.29 bits per heavy atom. The lowest BCUT2D eigenvalue weighted by Gasteiger charge is -2.28. The first-order valence-corrected chi connectivity index (χ1v) is 7.66. The van der Waals surface area contributed by atoms with Gasteiger partial charge in [0.15, 0.2) is 0 Å². The summed E-state index contributed by atoms with van der Waals surface area (Å²) in [4.78, 5) is 14.7. The minimum absolute atomic E-state index is 0. The van der Waals surface area contributed by atoms with Gasteiger partial charge in [0.2, 0.25) is 5.91 Å². The Bertz CT molecular complexity index is 450. The zero-order valence-electron chi connectivity index (χ0n) is 13.3. The highest BCUT2D eigenvalue weighted by Crippen LogP contribution is 2.16. The summed E-state index contributed by atoms with van der Waals surface area (Å²) in [5.41, 5.74) is 3.28. The van der Waals surface area contributed by atoms with Gasteiger partial charge >= 0.3 is 0 Å². The number of carbonyl (C=O) groups is 1. The quantitative estimate of drug-likeness (QED) is 0.917. The summed E-state index contributed by atoms with van der Waals surface area (Å²) >= 11 is 0. The van der Waals surface area contributed by atoms with E-state index in [1.165, 1.54) is 30.4 Å². The monoisotopic (exact) mass is 310 g/mol. The molecule has 2 rings (SSSR count). The normalized spacial score (nSPS) is 16.9. The lowest BCUT2D eigenvalue weighted by atomic mass is 10.1. The van der Waals surface area contributed by atoms with E-state index in [1.807, 2.05) is 19.1 Å². The number of benzene rings is 1. The summed E-state index contributed by atoms with van der Waals surface area (Å²) in [7, 11) is 0. The minimum atomic E-state index is 0. The number of halogens is 1. The van der Waals surface area contributed by atoms with Crippen molar-refractivity contribution >= 4 is 24.0 Å². The molecule has 4 heteroatoms. The van der Waals surface area contributed by atoms with Crippen LogP contribution in [0.1, 0.15) is 37.3 Å². The third-order valence-electron chi connectivity index (χ3n) is 3.92. The van der Waals surface area contributed by atoms with E-state index in [1.54, 1.807) is 0 Å². The van der Waals surface area contributed by atoms with Crippen molar-refractivity contribution < 1.29 is 4.79 Å². The van der Waals surface area contributed by atoms with Crippen molar-refractivity contribution in [2.24, 2.45) is 5.92 Å². The molecule has 0 aliphatic carbocycles.